The molecule has 7 heteroatoms. The third-order valence-electron chi connectivity index (χ3n) is 5.03. The summed E-state index contributed by atoms with van der Waals surface area (Å²) in [5, 5.41) is 6.67. The van der Waals surface area contributed by atoms with Crippen LogP contribution in [0.25, 0.3) is 11.5 Å². The molecule has 0 spiro atoms. The van der Waals surface area contributed by atoms with Crippen LogP contribution < -0.4 is 5.32 Å². The maximum Gasteiger partial charge on any atom is 0.257 e. The summed E-state index contributed by atoms with van der Waals surface area (Å²) in [6.45, 7) is 2.84. The average molecular weight is 390 g/mol. The predicted octanol–water partition coefficient (Wildman–Crippen LogP) is 3.07. The number of benzene rings is 2. The number of hydrogen-bond donors (Lipinski definition) is 1. The second-order valence-electron chi connectivity index (χ2n) is 7.19. The van der Waals surface area contributed by atoms with Crippen molar-refractivity contribution >= 4 is 17.5 Å². The van der Waals surface area contributed by atoms with Gasteiger partial charge in [0.25, 0.3) is 5.89 Å². The first-order valence-corrected chi connectivity index (χ1v) is 9.62. The highest BCUT2D eigenvalue weighted by atomic mass is 16.5. The monoisotopic (exact) mass is 390 g/mol. The van der Waals surface area contributed by atoms with Gasteiger partial charge in [-0.1, -0.05) is 35.5 Å². The van der Waals surface area contributed by atoms with E-state index in [-0.39, 0.29) is 24.2 Å². The van der Waals surface area contributed by atoms with Crippen LogP contribution in [0, 0.1) is 12.8 Å². The number of nitrogens with one attached hydrogen (secondary N) is 1. The van der Waals surface area contributed by atoms with E-state index >= 15 is 0 Å². The number of amides is 2. The molecule has 1 aliphatic rings. The van der Waals surface area contributed by atoms with Gasteiger partial charge in [-0.15, -0.1) is 0 Å². The van der Waals surface area contributed by atoms with Crippen molar-refractivity contribution in [3.05, 3.63) is 66.0 Å². The molecule has 4 rings (SSSR count). The van der Waals surface area contributed by atoms with Gasteiger partial charge in [-0.2, -0.15) is 4.98 Å². The number of carbonyl (C=O) groups excluding carboxylic acids is 2. The summed E-state index contributed by atoms with van der Waals surface area (Å²) in [6.07, 6.45) is 1.04. The van der Waals surface area contributed by atoms with E-state index in [1.807, 2.05) is 42.5 Å². The molecule has 1 fully saturated rings. The summed E-state index contributed by atoms with van der Waals surface area (Å²) in [7, 11) is 0. The molecule has 7 nitrogen and oxygen atoms in total. The molecule has 1 aromatic heterocycles. The van der Waals surface area contributed by atoms with Gasteiger partial charge in [0.2, 0.25) is 11.8 Å². The molecule has 3 aromatic rings. The van der Waals surface area contributed by atoms with Gasteiger partial charge in [0.1, 0.15) is 0 Å². The molecule has 0 unspecified atom stereocenters. The largest absolute Gasteiger partial charge is 0.342 e. The van der Waals surface area contributed by atoms with Crippen molar-refractivity contribution in [2.75, 3.05) is 18.4 Å². The Morgan fingerprint density at radius 2 is 1.93 bits per heavy atom. The molecule has 0 bridgehead atoms. The highest BCUT2D eigenvalue weighted by Gasteiger charge is 2.34. The lowest BCUT2D eigenvalue weighted by molar-refractivity contribution is -0.128. The van der Waals surface area contributed by atoms with E-state index in [1.165, 1.54) is 5.56 Å². The van der Waals surface area contributed by atoms with Crippen LogP contribution in [0.1, 0.15) is 17.8 Å². The van der Waals surface area contributed by atoms with E-state index in [0.29, 0.717) is 30.5 Å². The fourth-order valence-corrected chi connectivity index (χ4v) is 3.43. The maximum absolute atomic E-state index is 12.6. The Kier molecular flexibility index (Phi) is 5.37. The van der Waals surface area contributed by atoms with Crippen LogP contribution >= 0.6 is 0 Å². The molecule has 29 heavy (non-hydrogen) atoms. The number of rotatable bonds is 6. The molecule has 1 aliphatic heterocycles. The van der Waals surface area contributed by atoms with E-state index in [4.69, 9.17) is 4.52 Å². The van der Waals surface area contributed by atoms with E-state index in [9.17, 15) is 9.59 Å². The Labute approximate surface area is 168 Å². The zero-order chi connectivity index (χ0) is 20.2. The Balaban J connectivity index is 1.32. The molecule has 0 radical (unpaired) electrons. The topological polar surface area (TPSA) is 88.3 Å². The highest BCUT2D eigenvalue weighted by molar-refractivity contribution is 5.97. The SMILES string of the molecule is Cc1noc(-c2ccc(NC(=O)[C@H]3CC(=O)N(CCc4ccccc4)C3)cc2)n1. The molecule has 2 aromatic carbocycles. The third kappa shape index (κ3) is 4.51. The number of likely N-dealkylation sites (tertiary alicyclic amines) is 1. The summed E-state index contributed by atoms with van der Waals surface area (Å²) in [5.74, 6) is 0.567. The molecule has 1 saturated heterocycles. The van der Waals surface area contributed by atoms with Crippen LogP contribution in [0.4, 0.5) is 5.69 Å². The Hall–Kier alpha value is -3.48. The minimum atomic E-state index is -0.337. The molecule has 1 N–H and O–H groups in total. The number of aromatic nitrogens is 2. The molecule has 148 valence electrons. The number of anilines is 1. The second-order valence-corrected chi connectivity index (χ2v) is 7.19. The molecule has 1 atom stereocenters. The lowest BCUT2D eigenvalue weighted by atomic mass is 10.1. The number of carbonyl (C=O) groups is 2. The van der Waals surface area contributed by atoms with Crippen molar-refractivity contribution in [3.8, 4) is 11.5 Å². The lowest BCUT2D eigenvalue weighted by Gasteiger charge is -2.16. The molecular weight excluding hydrogens is 368 g/mol. The van der Waals surface area contributed by atoms with Gasteiger partial charge in [-0.25, -0.2) is 0 Å². The predicted molar refractivity (Wildman–Crippen MR) is 108 cm³/mol. The van der Waals surface area contributed by atoms with Crippen LogP contribution in [0.5, 0.6) is 0 Å². The van der Waals surface area contributed by atoms with Gasteiger partial charge < -0.3 is 14.7 Å². The first kappa shape index (κ1) is 18.9. The Morgan fingerprint density at radius 3 is 2.62 bits per heavy atom. The second kappa shape index (κ2) is 8.26. The van der Waals surface area contributed by atoms with Crippen LogP contribution in [0.2, 0.25) is 0 Å². The van der Waals surface area contributed by atoms with Crippen molar-refractivity contribution in [3.63, 3.8) is 0 Å². The molecular formula is C22H22N4O3. The van der Waals surface area contributed by atoms with Crippen molar-refractivity contribution in [2.24, 2.45) is 5.92 Å². The van der Waals surface area contributed by atoms with Crippen LogP contribution in [0.3, 0.4) is 0 Å². The van der Waals surface area contributed by atoms with Crippen LogP contribution in [0.15, 0.2) is 59.1 Å². The van der Waals surface area contributed by atoms with Gasteiger partial charge in [-0.05, 0) is 43.2 Å². The fraction of sp³-hybridized carbons (Fsp3) is 0.273. The van der Waals surface area contributed by atoms with E-state index in [2.05, 4.69) is 15.5 Å². The number of aryl methyl sites for hydroxylation is 1. The van der Waals surface area contributed by atoms with Gasteiger partial charge in [0.05, 0.1) is 5.92 Å². The third-order valence-corrected chi connectivity index (χ3v) is 5.03. The fourth-order valence-electron chi connectivity index (χ4n) is 3.43. The summed E-state index contributed by atoms with van der Waals surface area (Å²) >= 11 is 0. The quantitative estimate of drug-likeness (QED) is 0.699. The minimum Gasteiger partial charge on any atom is -0.342 e. The van der Waals surface area contributed by atoms with Gasteiger partial charge in [0.15, 0.2) is 5.82 Å². The molecule has 0 saturated carbocycles. The van der Waals surface area contributed by atoms with Gasteiger partial charge >= 0.3 is 0 Å². The summed E-state index contributed by atoms with van der Waals surface area (Å²) in [5.41, 5.74) is 2.64. The zero-order valence-electron chi connectivity index (χ0n) is 16.2. The maximum atomic E-state index is 12.6. The first-order valence-electron chi connectivity index (χ1n) is 9.62. The van der Waals surface area contributed by atoms with E-state index in [1.54, 1.807) is 24.0 Å². The average Bonchev–Trinajstić information content (AvgIpc) is 3.33. The van der Waals surface area contributed by atoms with Crippen LogP contribution in [-0.4, -0.2) is 39.9 Å². The molecule has 2 amide bonds. The van der Waals surface area contributed by atoms with E-state index < -0.39 is 0 Å². The normalized spacial score (nSPS) is 16.2. The standard InChI is InChI=1S/C22H22N4O3/c1-15-23-22(29-25-15)17-7-9-19(10-8-17)24-21(28)18-13-20(27)26(14-18)12-11-16-5-3-2-4-6-16/h2-10,18H,11-14H2,1H3,(H,24,28)/t18-/m0/s1. The highest BCUT2D eigenvalue weighted by Crippen LogP contribution is 2.23. The lowest BCUT2D eigenvalue weighted by Crippen LogP contribution is -2.30. The minimum absolute atomic E-state index is 0.0307. The Bertz CT molecular complexity index is 998. The molecule has 0 aliphatic carbocycles. The van der Waals surface area contributed by atoms with Gasteiger partial charge in [0, 0.05) is 30.8 Å². The van der Waals surface area contributed by atoms with Crippen molar-refractivity contribution in [2.45, 2.75) is 19.8 Å². The number of hydrogen-bond acceptors (Lipinski definition) is 5. The van der Waals surface area contributed by atoms with E-state index in [0.717, 1.165) is 12.0 Å². The number of nitrogens with zero attached hydrogens (tertiary/aromatic N) is 3. The van der Waals surface area contributed by atoms with Crippen molar-refractivity contribution in [1.29, 1.82) is 0 Å². The Morgan fingerprint density at radius 1 is 1.17 bits per heavy atom. The van der Waals surface area contributed by atoms with Crippen LogP contribution in [-0.2, 0) is 16.0 Å². The smallest absolute Gasteiger partial charge is 0.257 e. The summed E-state index contributed by atoms with van der Waals surface area (Å²) in [6, 6.07) is 17.2. The zero-order valence-corrected chi connectivity index (χ0v) is 16.2. The summed E-state index contributed by atoms with van der Waals surface area (Å²) < 4.78 is 5.14. The molecule has 2 heterocycles. The first-order chi connectivity index (χ1) is 14.1. The van der Waals surface area contributed by atoms with Gasteiger partial charge in [-0.3, -0.25) is 9.59 Å². The van der Waals surface area contributed by atoms with Crippen molar-refractivity contribution in [1.82, 2.24) is 15.0 Å². The summed E-state index contributed by atoms with van der Waals surface area (Å²) in [4.78, 5) is 30.9. The van der Waals surface area contributed by atoms with Crippen molar-refractivity contribution < 1.29 is 14.1 Å².